The van der Waals surface area contributed by atoms with Crippen molar-refractivity contribution >= 4 is 5.82 Å². The largest absolute Gasteiger partial charge is 0.481 e. The average molecular weight is 284 g/mol. The minimum Gasteiger partial charge on any atom is -0.481 e. The fraction of sp³-hybridized carbons (Fsp3) is 0.0667. The molecule has 3 aromatic rings. The Kier molecular flexibility index (Phi) is 3.27. The van der Waals surface area contributed by atoms with Gasteiger partial charge in [-0.1, -0.05) is 18.2 Å². The lowest BCUT2D eigenvalue weighted by Gasteiger charge is -2.08. The highest BCUT2D eigenvalue weighted by atomic mass is 19.1. The third kappa shape index (κ3) is 2.20. The molecule has 0 atom stereocenters. The number of methoxy groups -OCH3 is 1. The first-order valence-electron chi connectivity index (χ1n) is 6.30. The zero-order valence-corrected chi connectivity index (χ0v) is 11.3. The van der Waals surface area contributed by atoms with Crippen molar-refractivity contribution < 1.29 is 9.13 Å². The topological polar surface area (TPSA) is 76.8 Å². The van der Waals surface area contributed by atoms with Gasteiger partial charge in [-0.25, -0.2) is 9.37 Å². The van der Waals surface area contributed by atoms with Gasteiger partial charge in [0.2, 0.25) is 5.88 Å². The molecule has 3 N–H and O–H groups in total. The second-order valence-corrected chi connectivity index (χ2v) is 4.40. The summed E-state index contributed by atoms with van der Waals surface area (Å²) in [5.41, 5.74) is 8.02. The van der Waals surface area contributed by atoms with Crippen LogP contribution in [-0.4, -0.2) is 22.3 Å². The Labute approximate surface area is 120 Å². The summed E-state index contributed by atoms with van der Waals surface area (Å²) in [5, 5.41) is 6.82. The number of benzene rings is 1. The molecule has 6 heteroatoms. The zero-order chi connectivity index (χ0) is 14.8. The Morgan fingerprint density at radius 2 is 1.90 bits per heavy atom. The Morgan fingerprint density at radius 1 is 1.14 bits per heavy atom. The van der Waals surface area contributed by atoms with E-state index < -0.39 is 0 Å². The van der Waals surface area contributed by atoms with Crippen LogP contribution in [0.25, 0.3) is 22.4 Å². The summed E-state index contributed by atoms with van der Waals surface area (Å²) in [4.78, 5) is 4.14. The van der Waals surface area contributed by atoms with E-state index in [1.54, 1.807) is 30.5 Å². The number of H-pyrrole nitrogens is 1. The molecule has 0 aliphatic rings. The van der Waals surface area contributed by atoms with E-state index in [0.29, 0.717) is 28.3 Å². The fourth-order valence-electron chi connectivity index (χ4n) is 2.23. The summed E-state index contributed by atoms with van der Waals surface area (Å²) < 4.78 is 19.3. The highest BCUT2D eigenvalue weighted by Crippen LogP contribution is 2.38. The lowest BCUT2D eigenvalue weighted by atomic mass is 10.0. The van der Waals surface area contributed by atoms with Gasteiger partial charge in [0.05, 0.1) is 23.9 Å². The van der Waals surface area contributed by atoms with E-state index in [9.17, 15) is 4.39 Å². The lowest BCUT2D eigenvalue weighted by Crippen LogP contribution is -1.94. The Bertz CT molecular complexity index is 785. The number of nitrogens with zero attached hydrogens (tertiary/aromatic N) is 2. The van der Waals surface area contributed by atoms with Crippen LogP contribution in [0.15, 0.2) is 42.6 Å². The number of nitrogens with one attached hydrogen (secondary N) is 1. The smallest absolute Gasteiger partial charge is 0.222 e. The first-order chi connectivity index (χ1) is 10.2. The number of pyridine rings is 1. The van der Waals surface area contributed by atoms with Gasteiger partial charge in [-0.2, -0.15) is 5.10 Å². The summed E-state index contributed by atoms with van der Waals surface area (Å²) in [5.74, 6) is 0.273. The van der Waals surface area contributed by atoms with Crippen LogP contribution >= 0.6 is 0 Å². The number of hydrogen-bond acceptors (Lipinski definition) is 4. The molecule has 0 amide bonds. The van der Waals surface area contributed by atoms with Crippen molar-refractivity contribution in [1.29, 1.82) is 0 Å². The van der Waals surface area contributed by atoms with Crippen molar-refractivity contribution in [2.75, 3.05) is 12.8 Å². The molecule has 0 unspecified atom stereocenters. The molecule has 2 heterocycles. The number of aromatic nitrogens is 3. The van der Waals surface area contributed by atoms with Gasteiger partial charge in [-0.05, 0) is 18.2 Å². The Hall–Kier alpha value is -2.89. The molecule has 3 rings (SSSR count). The minimum atomic E-state index is -0.366. The first-order valence-corrected chi connectivity index (χ1v) is 6.30. The van der Waals surface area contributed by atoms with Gasteiger partial charge in [-0.15, -0.1) is 0 Å². The molecule has 106 valence electrons. The SMILES string of the molecule is COc1ncccc1-c1[nH]nc(N)c1-c1ccccc1F. The molecule has 0 aliphatic heterocycles. The number of nitrogen functional groups attached to an aromatic ring is 1. The van der Waals surface area contributed by atoms with E-state index in [4.69, 9.17) is 10.5 Å². The van der Waals surface area contributed by atoms with Crippen LogP contribution in [0.3, 0.4) is 0 Å². The quantitative estimate of drug-likeness (QED) is 0.775. The maximum absolute atomic E-state index is 14.1. The van der Waals surface area contributed by atoms with E-state index >= 15 is 0 Å². The molecule has 0 saturated heterocycles. The van der Waals surface area contributed by atoms with Crippen LogP contribution in [0.4, 0.5) is 10.2 Å². The summed E-state index contributed by atoms with van der Waals surface area (Å²) in [7, 11) is 1.52. The molecule has 2 aromatic heterocycles. The van der Waals surface area contributed by atoms with Crippen LogP contribution < -0.4 is 10.5 Å². The predicted molar refractivity (Wildman–Crippen MR) is 78.2 cm³/mol. The molecular weight excluding hydrogens is 271 g/mol. The maximum Gasteiger partial charge on any atom is 0.222 e. The average Bonchev–Trinajstić information content (AvgIpc) is 2.89. The molecule has 0 spiro atoms. The summed E-state index contributed by atoms with van der Waals surface area (Å²) in [6.07, 6.45) is 1.62. The minimum absolute atomic E-state index is 0.223. The van der Waals surface area contributed by atoms with Gasteiger partial charge < -0.3 is 10.5 Å². The summed E-state index contributed by atoms with van der Waals surface area (Å²) in [6.45, 7) is 0. The zero-order valence-electron chi connectivity index (χ0n) is 11.3. The molecule has 5 nitrogen and oxygen atoms in total. The number of nitrogens with two attached hydrogens (primary N) is 1. The number of ether oxygens (including phenoxy) is 1. The van der Waals surface area contributed by atoms with Crippen LogP contribution in [0.2, 0.25) is 0 Å². The fourth-order valence-corrected chi connectivity index (χ4v) is 2.23. The first kappa shape index (κ1) is 13.1. The Morgan fingerprint density at radius 3 is 2.67 bits per heavy atom. The van der Waals surface area contributed by atoms with Gasteiger partial charge in [0.15, 0.2) is 5.82 Å². The van der Waals surface area contributed by atoms with E-state index in [-0.39, 0.29) is 11.6 Å². The molecule has 21 heavy (non-hydrogen) atoms. The molecule has 0 aliphatic carbocycles. The second-order valence-electron chi connectivity index (χ2n) is 4.40. The van der Waals surface area contributed by atoms with E-state index in [2.05, 4.69) is 15.2 Å². The van der Waals surface area contributed by atoms with Crippen LogP contribution in [0.5, 0.6) is 5.88 Å². The van der Waals surface area contributed by atoms with Gasteiger partial charge in [0, 0.05) is 11.8 Å². The maximum atomic E-state index is 14.1. The molecule has 0 saturated carbocycles. The predicted octanol–water partition coefficient (Wildman–Crippen LogP) is 2.87. The van der Waals surface area contributed by atoms with Crippen molar-refractivity contribution in [3.8, 4) is 28.3 Å². The van der Waals surface area contributed by atoms with Crippen LogP contribution in [0, 0.1) is 5.82 Å². The second kappa shape index (κ2) is 5.24. The van der Waals surface area contributed by atoms with E-state index in [0.717, 1.165) is 0 Å². The Balaban J connectivity index is 2.25. The molecular formula is C15H13FN4O. The summed E-state index contributed by atoms with van der Waals surface area (Å²) in [6, 6.07) is 9.98. The third-order valence-corrected chi connectivity index (χ3v) is 3.17. The number of halogens is 1. The highest BCUT2D eigenvalue weighted by Gasteiger charge is 2.20. The molecule has 1 aromatic carbocycles. The van der Waals surface area contributed by atoms with E-state index in [1.165, 1.54) is 13.2 Å². The van der Waals surface area contributed by atoms with Gasteiger partial charge >= 0.3 is 0 Å². The normalized spacial score (nSPS) is 10.6. The number of hydrogen-bond donors (Lipinski definition) is 2. The van der Waals surface area contributed by atoms with Gasteiger partial charge in [0.25, 0.3) is 0 Å². The van der Waals surface area contributed by atoms with Crippen molar-refractivity contribution in [2.24, 2.45) is 0 Å². The van der Waals surface area contributed by atoms with Crippen LogP contribution in [0.1, 0.15) is 0 Å². The number of rotatable bonds is 3. The van der Waals surface area contributed by atoms with Crippen molar-refractivity contribution in [1.82, 2.24) is 15.2 Å². The van der Waals surface area contributed by atoms with Gasteiger partial charge in [-0.3, -0.25) is 5.10 Å². The van der Waals surface area contributed by atoms with Crippen molar-refractivity contribution in [2.45, 2.75) is 0 Å². The number of anilines is 1. The highest BCUT2D eigenvalue weighted by molar-refractivity contribution is 5.89. The molecule has 0 radical (unpaired) electrons. The van der Waals surface area contributed by atoms with Crippen LogP contribution in [-0.2, 0) is 0 Å². The summed E-state index contributed by atoms with van der Waals surface area (Å²) >= 11 is 0. The van der Waals surface area contributed by atoms with Crippen molar-refractivity contribution in [3.05, 3.63) is 48.4 Å². The third-order valence-electron chi connectivity index (χ3n) is 3.17. The standard InChI is InChI=1S/C15H13FN4O/c1-21-15-10(6-4-8-18-15)13-12(14(17)20-19-13)9-5-2-3-7-11(9)16/h2-8H,1H3,(H3,17,19,20). The monoisotopic (exact) mass is 284 g/mol. The molecule has 0 bridgehead atoms. The van der Waals surface area contributed by atoms with Gasteiger partial charge in [0.1, 0.15) is 5.82 Å². The number of aromatic amines is 1. The van der Waals surface area contributed by atoms with Crippen molar-refractivity contribution in [3.63, 3.8) is 0 Å². The van der Waals surface area contributed by atoms with E-state index in [1.807, 2.05) is 6.07 Å². The molecule has 0 fully saturated rings. The lowest BCUT2D eigenvalue weighted by molar-refractivity contribution is 0.399.